The van der Waals surface area contributed by atoms with Crippen LogP contribution in [0.3, 0.4) is 0 Å². The van der Waals surface area contributed by atoms with E-state index in [4.69, 9.17) is 5.73 Å². The molecule has 108 valence electrons. The number of hydrogen-bond donors (Lipinski definition) is 1. The quantitative estimate of drug-likeness (QED) is 0.528. The van der Waals surface area contributed by atoms with Crippen molar-refractivity contribution in [3.8, 4) is 0 Å². The highest BCUT2D eigenvalue weighted by Gasteiger charge is 2.07. The molecule has 0 aliphatic rings. The first-order valence-corrected chi connectivity index (χ1v) is 9.30. The van der Waals surface area contributed by atoms with Gasteiger partial charge in [0, 0.05) is 36.8 Å². The molecule has 2 nitrogen and oxygen atoms in total. The maximum absolute atomic E-state index is 6.04. The maximum Gasteiger partial charge on any atom is 0.0359 e. The maximum atomic E-state index is 6.04. The number of anilines is 1. The van der Waals surface area contributed by atoms with Crippen LogP contribution in [0.5, 0.6) is 0 Å². The molecule has 0 unspecified atom stereocenters. The Balaban J connectivity index is 2.49. The number of hydrogen-bond acceptors (Lipinski definition) is 4. The Morgan fingerprint density at radius 3 is 2.11 bits per heavy atom. The Morgan fingerprint density at radius 1 is 1.00 bits per heavy atom. The average Bonchev–Trinajstić information content (AvgIpc) is 2.41. The van der Waals surface area contributed by atoms with Gasteiger partial charge in [0.25, 0.3) is 0 Å². The number of nitrogens with zero attached hydrogens (tertiary/aromatic N) is 1. The van der Waals surface area contributed by atoms with Crippen molar-refractivity contribution in [2.45, 2.75) is 20.4 Å². The number of benzene rings is 1. The number of nitrogen functional groups attached to an aromatic ring is 1. The van der Waals surface area contributed by atoms with Crippen LogP contribution in [0.2, 0.25) is 0 Å². The monoisotopic (exact) mass is 298 g/mol. The van der Waals surface area contributed by atoms with Gasteiger partial charge in [0.1, 0.15) is 0 Å². The van der Waals surface area contributed by atoms with Gasteiger partial charge in [-0.1, -0.05) is 32.0 Å². The van der Waals surface area contributed by atoms with Crippen molar-refractivity contribution in [3.05, 3.63) is 29.8 Å². The van der Waals surface area contributed by atoms with E-state index in [1.807, 2.05) is 35.7 Å². The zero-order chi connectivity index (χ0) is 13.9. The van der Waals surface area contributed by atoms with Crippen LogP contribution in [-0.4, -0.2) is 41.0 Å². The van der Waals surface area contributed by atoms with Crippen molar-refractivity contribution in [2.75, 3.05) is 41.8 Å². The van der Waals surface area contributed by atoms with Gasteiger partial charge in [0.05, 0.1) is 0 Å². The lowest BCUT2D eigenvalue weighted by atomic mass is 10.1. The molecule has 0 aliphatic heterocycles. The third-order valence-electron chi connectivity index (χ3n) is 2.96. The molecular formula is C15H26N2S2. The summed E-state index contributed by atoms with van der Waals surface area (Å²) in [6.45, 7) is 7.71. The zero-order valence-electron chi connectivity index (χ0n) is 12.1. The summed E-state index contributed by atoms with van der Waals surface area (Å²) in [6.07, 6.45) is 0. The molecule has 0 radical (unpaired) electrons. The average molecular weight is 299 g/mol. The van der Waals surface area contributed by atoms with E-state index in [1.54, 1.807) is 0 Å². The van der Waals surface area contributed by atoms with Crippen molar-refractivity contribution in [2.24, 2.45) is 0 Å². The summed E-state index contributed by atoms with van der Waals surface area (Å²) in [5.74, 6) is 4.82. The zero-order valence-corrected chi connectivity index (χ0v) is 13.7. The van der Waals surface area contributed by atoms with E-state index >= 15 is 0 Å². The van der Waals surface area contributed by atoms with E-state index in [9.17, 15) is 0 Å². The minimum absolute atomic E-state index is 0.916. The highest BCUT2D eigenvalue weighted by Crippen LogP contribution is 2.14. The second-order valence-electron chi connectivity index (χ2n) is 4.37. The molecule has 0 amide bonds. The minimum Gasteiger partial charge on any atom is -0.398 e. The van der Waals surface area contributed by atoms with E-state index < -0.39 is 0 Å². The molecule has 4 heteroatoms. The van der Waals surface area contributed by atoms with Crippen LogP contribution in [-0.2, 0) is 6.54 Å². The second-order valence-corrected chi connectivity index (χ2v) is 7.16. The molecule has 1 aromatic rings. The fraction of sp³-hybridized carbons (Fsp3) is 0.600. The van der Waals surface area contributed by atoms with Gasteiger partial charge < -0.3 is 5.73 Å². The van der Waals surface area contributed by atoms with E-state index in [-0.39, 0.29) is 0 Å². The number of para-hydroxylation sites is 1. The number of thioether (sulfide) groups is 2. The molecule has 2 N–H and O–H groups in total. The van der Waals surface area contributed by atoms with Crippen molar-refractivity contribution in [1.82, 2.24) is 4.90 Å². The standard InChI is InChI=1S/C15H26N2S2/c1-3-18-11-9-17(10-12-19-4-2)13-14-7-5-6-8-15(14)16/h5-8H,3-4,9-13,16H2,1-2H3. The van der Waals surface area contributed by atoms with Crippen molar-refractivity contribution in [1.29, 1.82) is 0 Å². The Morgan fingerprint density at radius 2 is 1.58 bits per heavy atom. The first kappa shape index (κ1) is 16.7. The Bertz CT molecular complexity index is 335. The van der Waals surface area contributed by atoms with Crippen molar-refractivity contribution >= 4 is 29.2 Å². The van der Waals surface area contributed by atoms with Gasteiger partial charge in [0.2, 0.25) is 0 Å². The van der Waals surface area contributed by atoms with Gasteiger partial charge >= 0.3 is 0 Å². The predicted octanol–water partition coefficient (Wildman–Crippen LogP) is 3.58. The highest BCUT2D eigenvalue weighted by atomic mass is 32.2. The lowest BCUT2D eigenvalue weighted by Gasteiger charge is -2.22. The number of rotatable bonds is 10. The van der Waals surface area contributed by atoms with Gasteiger partial charge in [-0.3, -0.25) is 4.90 Å². The van der Waals surface area contributed by atoms with E-state index in [0.29, 0.717) is 0 Å². The summed E-state index contributed by atoms with van der Waals surface area (Å²) >= 11 is 4.02. The Labute approximate surface area is 126 Å². The first-order chi connectivity index (χ1) is 9.27. The van der Waals surface area contributed by atoms with Gasteiger partial charge in [-0.15, -0.1) is 0 Å². The molecule has 0 saturated carbocycles. The Kier molecular flexibility index (Phi) is 9.22. The lowest BCUT2D eigenvalue weighted by molar-refractivity contribution is 0.301. The fourth-order valence-electron chi connectivity index (χ4n) is 1.86. The molecule has 0 heterocycles. The van der Waals surface area contributed by atoms with Gasteiger partial charge in [-0.25, -0.2) is 0 Å². The molecular weight excluding hydrogens is 272 g/mol. The van der Waals surface area contributed by atoms with Gasteiger partial charge in [-0.05, 0) is 23.1 Å². The molecule has 1 aromatic carbocycles. The first-order valence-electron chi connectivity index (χ1n) is 6.99. The van der Waals surface area contributed by atoms with Gasteiger partial charge in [0.15, 0.2) is 0 Å². The minimum atomic E-state index is 0.916. The SMILES string of the molecule is CCSCCN(CCSCC)Cc1ccccc1N. The summed E-state index contributed by atoms with van der Waals surface area (Å²) in [4.78, 5) is 2.52. The van der Waals surface area contributed by atoms with Gasteiger partial charge in [-0.2, -0.15) is 23.5 Å². The summed E-state index contributed by atoms with van der Waals surface area (Å²) < 4.78 is 0. The largest absolute Gasteiger partial charge is 0.398 e. The third kappa shape index (κ3) is 7.14. The lowest BCUT2D eigenvalue weighted by Crippen LogP contribution is -2.28. The summed E-state index contributed by atoms with van der Waals surface area (Å²) in [6, 6.07) is 8.21. The molecule has 0 fully saturated rings. The van der Waals surface area contributed by atoms with Crippen LogP contribution in [0, 0.1) is 0 Å². The fourth-order valence-corrected chi connectivity index (χ4v) is 3.22. The summed E-state index contributed by atoms with van der Waals surface area (Å²) in [5, 5.41) is 0. The molecule has 1 rings (SSSR count). The van der Waals surface area contributed by atoms with Crippen LogP contribution in [0.1, 0.15) is 19.4 Å². The third-order valence-corrected chi connectivity index (χ3v) is 4.72. The van der Waals surface area contributed by atoms with Crippen LogP contribution in [0.25, 0.3) is 0 Å². The van der Waals surface area contributed by atoms with Crippen LogP contribution in [0.15, 0.2) is 24.3 Å². The predicted molar refractivity (Wildman–Crippen MR) is 92.1 cm³/mol. The van der Waals surface area contributed by atoms with Crippen LogP contribution < -0.4 is 5.73 Å². The highest BCUT2D eigenvalue weighted by molar-refractivity contribution is 7.99. The molecule has 19 heavy (non-hydrogen) atoms. The molecule has 0 saturated heterocycles. The van der Waals surface area contributed by atoms with Crippen molar-refractivity contribution < 1.29 is 0 Å². The molecule has 0 bridgehead atoms. The van der Waals surface area contributed by atoms with E-state index in [2.05, 4.69) is 30.9 Å². The normalized spacial score (nSPS) is 11.1. The van der Waals surface area contributed by atoms with E-state index in [0.717, 1.165) is 25.3 Å². The summed E-state index contributed by atoms with van der Waals surface area (Å²) in [5.41, 5.74) is 8.21. The topological polar surface area (TPSA) is 29.3 Å². The molecule has 0 spiro atoms. The van der Waals surface area contributed by atoms with Crippen LogP contribution in [0.4, 0.5) is 5.69 Å². The van der Waals surface area contributed by atoms with Crippen LogP contribution >= 0.6 is 23.5 Å². The Hall–Kier alpha value is -0.320. The second kappa shape index (κ2) is 10.5. The molecule has 0 aliphatic carbocycles. The molecule has 0 atom stereocenters. The smallest absolute Gasteiger partial charge is 0.0359 e. The summed E-state index contributed by atoms with van der Waals surface area (Å²) in [7, 11) is 0. The number of nitrogens with two attached hydrogens (primary N) is 1. The van der Waals surface area contributed by atoms with E-state index in [1.165, 1.54) is 28.6 Å². The van der Waals surface area contributed by atoms with Crippen molar-refractivity contribution in [3.63, 3.8) is 0 Å². The molecule has 0 aromatic heterocycles.